The van der Waals surface area contributed by atoms with E-state index in [1.165, 1.54) is 4.90 Å². The maximum atomic E-state index is 13.9. The van der Waals surface area contributed by atoms with Crippen LogP contribution >= 0.6 is 23.2 Å². The summed E-state index contributed by atoms with van der Waals surface area (Å²) in [5.41, 5.74) is 0.861. The first-order valence-corrected chi connectivity index (χ1v) is 14.6. The molecule has 3 aromatic rings. The van der Waals surface area contributed by atoms with E-state index in [0.29, 0.717) is 30.0 Å². The number of halogens is 3. The van der Waals surface area contributed by atoms with Gasteiger partial charge in [-0.25, -0.2) is 12.8 Å². The quantitative estimate of drug-likeness (QED) is 0.293. The van der Waals surface area contributed by atoms with E-state index in [1.54, 1.807) is 55.5 Å². The molecule has 2 amide bonds. The highest BCUT2D eigenvalue weighted by molar-refractivity contribution is 7.92. The van der Waals surface area contributed by atoms with Gasteiger partial charge in [0.25, 0.3) is 10.0 Å². The van der Waals surface area contributed by atoms with E-state index < -0.39 is 34.3 Å². The number of benzene rings is 3. The van der Waals surface area contributed by atoms with Crippen LogP contribution in [-0.2, 0) is 26.2 Å². The third-order valence-electron chi connectivity index (χ3n) is 6.00. The normalized spacial score (nSPS) is 12.0. The molecule has 0 aliphatic heterocycles. The molecular formula is C28H30Cl2FN3O4S. The van der Waals surface area contributed by atoms with Crippen LogP contribution < -0.4 is 9.62 Å². The fourth-order valence-electron chi connectivity index (χ4n) is 3.98. The molecule has 1 unspecified atom stereocenters. The maximum absolute atomic E-state index is 13.9. The fourth-order valence-corrected chi connectivity index (χ4v) is 5.71. The van der Waals surface area contributed by atoms with Gasteiger partial charge in [-0.3, -0.25) is 13.9 Å². The second-order valence-electron chi connectivity index (χ2n) is 8.79. The van der Waals surface area contributed by atoms with E-state index in [1.807, 2.05) is 6.92 Å². The van der Waals surface area contributed by atoms with Gasteiger partial charge in [-0.2, -0.15) is 0 Å². The van der Waals surface area contributed by atoms with Crippen LogP contribution in [0.15, 0.2) is 77.7 Å². The zero-order chi connectivity index (χ0) is 28.6. The molecule has 7 nitrogen and oxygen atoms in total. The molecule has 11 heteroatoms. The number of para-hydroxylation sites is 1. The Morgan fingerprint density at radius 1 is 0.949 bits per heavy atom. The van der Waals surface area contributed by atoms with Gasteiger partial charge >= 0.3 is 0 Å². The van der Waals surface area contributed by atoms with E-state index in [-0.39, 0.29) is 28.1 Å². The largest absolute Gasteiger partial charge is 0.354 e. The molecule has 0 saturated heterocycles. The SMILES string of the molecule is CCCNC(=O)C(CC)N(Cc1ccc(Cl)c(Cl)c1)C(=O)CN(c1ccccc1)S(=O)(=O)c1ccc(F)cc1. The summed E-state index contributed by atoms with van der Waals surface area (Å²) in [5.74, 6) is -1.54. The van der Waals surface area contributed by atoms with Crippen LogP contribution in [0.2, 0.25) is 10.0 Å². The first kappa shape index (κ1) is 30.4. The molecule has 1 atom stereocenters. The molecule has 0 aliphatic rings. The van der Waals surface area contributed by atoms with Gasteiger partial charge in [0.1, 0.15) is 18.4 Å². The van der Waals surface area contributed by atoms with Gasteiger partial charge in [-0.05, 0) is 66.9 Å². The van der Waals surface area contributed by atoms with Crippen LogP contribution in [0.1, 0.15) is 32.3 Å². The predicted octanol–water partition coefficient (Wildman–Crippen LogP) is 5.66. The Labute approximate surface area is 238 Å². The molecule has 208 valence electrons. The topological polar surface area (TPSA) is 86.8 Å². The van der Waals surface area contributed by atoms with E-state index >= 15 is 0 Å². The standard InChI is InChI=1S/C28H30Cl2FN3O4S/c1-3-16-32-28(36)26(4-2)33(18-20-10-15-24(29)25(30)17-20)27(35)19-34(22-8-6-5-7-9-22)39(37,38)23-13-11-21(31)12-14-23/h5-15,17,26H,3-4,16,18-19H2,1-2H3,(H,32,36). The van der Waals surface area contributed by atoms with Crippen molar-refractivity contribution in [3.8, 4) is 0 Å². The average Bonchev–Trinajstić information content (AvgIpc) is 2.92. The van der Waals surface area contributed by atoms with Gasteiger partial charge < -0.3 is 10.2 Å². The lowest BCUT2D eigenvalue weighted by Crippen LogP contribution is -2.52. The van der Waals surface area contributed by atoms with Gasteiger partial charge in [0.15, 0.2) is 0 Å². The lowest BCUT2D eigenvalue weighted by Gasteiger charge is -2.33. The Morgan fingerprint density at radius 2 is 1.62 bits per heavy atom. The highest BCUT2D eigenvalue weighted by atomic mass is 35.5. The van der Waals surface area contributed by atoms with Crippen LogP contribution in [0.4, 0.5) is 10.1 Å². The van der Waals surface area contributed by atoms with Crippen molar-refractivity contribution in [2.75, 3.05) is 17.4 Å². The van der Waals surface area contributed by atoms with Crippen molar-refractivity contribution in [3.63, 3.8) is 0 Å². The minimum Gasteiger partial charge on any atom is -0.354 e. The van der Waals surface area contributed by atoms with Crippen molar-refractivity contribution in [1.29, 1.82) is 0 Å². The minimum absolute atomic E-state index is 0.00695. The number of rotatable bonds is 12. The van der Waals surface area contributed by atoms with Crippen LogP contribution in [-0.4, -0.2) is 44.3 Å². The summed E-state index contributed by atoms with van der Waals surface area (Å²) in [4.78, 5) is 28.2. The van der Waals surface area contributed by atoms with Crippen molar-refractivity contribution in [2.45, 2.75) is 44.2 Å². The summed E-state index contributed by atoms with van der Waals surface area (Å²) in [5, 5.41) is 3.45. The number of sulfonamides is 1. The van der Waals surface area contributed by atoms with Crippen LogP contribution in [0.3, 0.4) is 0 Å². The Kier molecular flexibility index (Phi) is 10.7. The lowest BCUT2D eigenvalue weighted by atomic mass is 10.1. The highest BCUT2D eigenvalue weighted by Gasteiger charge is 2.33. The first-order chi connectivity index (χ1) is 18.6. The average molecular weight is 595 g/mol. The van der Waals surface area contributed by atoms with Crippen molar-refractivity contribution in [2.24, 2.45) is 0 Å². The molecule has 1 N–H and O–H groups in total. The second-order valence-corrected chi connectivity index (χ2v) is 11.5. The molecule has 0 saturated carbocycles. The molecule has 0 bridgehead atoms. The number of anilines is 1. The molecule has 3 rings (SSSR count). The number of carbonyl (C=O) groups excluding carboxylic acids is 2. The van der Waals surface area contributed by atoms with Crippen molar-refractivity contribution >= 4 is 50.7 Å². The zero-order valence-corrected chi connectivity index (χ0v) is 23.9. The zero-order valence-electron chi connectivity index (χ0n) is 21.6. The molecule has 0 radical (unpaired) electrons. The maximum Gasteiger partial charge on any atom is 0.264 e. The molecule has 39 heavy (non-hydrogen) atoms. The summed E-state index contributed by atoms with van der Waals surface area (Å²) in [6, 6.07) is 16.5. The van der Waals surface area contributed by atoms with Gasteiger partial charge in [0.05, 0.1) is 20.6 Å². The van der Waals surface area contributed by atoms with Crippen LogP contribution in [0.5, 0.6) is 0 Å². The van der Waals surface area contributed by atoms with Crippen LogP contribution in [0.25, 0.3) is 0 Å². The number of carbonyl (C=O) groups is 2. The van der Waals surface area contributed by atoms with Crippen molar-refractivity contribution in [1.82, 2.24) is 10.2 Å². The summed E-state index contributed by atoms with van der Waals surface area (Å²) in [6.07, 6.45) is 0.999. The smallest absolute Gasteiger partial charge is 0.264 e. The van der Waals surface area contributed by atoms with E-state index in [0.717, 1.165) is 28.6 Å². The number of amides is 2. The van der Waals surface area contributed by atoms with Crippen molar-refractivity contribution in [3.05, 3.63) is 94.2 Å². The molecule has 0 aromatic heterocycles. The molecule has 0 heterocycles. The molecule has 3 aromatic carbocycles. The molecular weight excluding hydrogens is 564 g/mol. The Hall–Kier alpha value is -3.14. The third kappa shape index (κ3) is 7.71. The third-order valence-corrected chi connectivity index (χ3v) is 8.52. The summed E-state index contributed by atoms with van der Waals surface area (Å²) < 4.78 is 41.9. The molecule has 0 fully saturated rings. The number of hydrogen-bond acceptors (Lipinski definition) is 4. The van der Waals surface area contributed by atoms with E-state index in [2.05, 4.69) is 5.32 Å². The van der Waals surface area contributed by atoms with E-state index in [9.17, 15) is 22.4 Å². The molecule has 0 spiro atoms. The monoisotopic (exact) mass is 593 g/mol. The Balaban J connectivity index is 2.04. The number of nitrogens with one attached hydrogen (secondary N) is 1. The summed E-state index contributed by atoms with van der Waals surface area (Å²) in [7, 11) is -4.27. The van der Waals surface area contributed by atoms with Gasteiger partial charge in [-0.15, -0.1) is 0 Å². The summed E-state index contributed by atoms with van der Waals surface area (Å²) in [6.45, 7) is 3.52. The predicted molar refractivity (Wildman–Crippen MR) is 152 cm³/mol. The molecule has 0 aliphatic carbocycles. The van der Waals surface area contributed by atoms with Crippen LogP contribution in [0, 0.1) is 5.82 Å². The van der Waals surface area contributed by atoms with Gasteiger partial charge in [0.2, 0.25) is 11.8 Å². The minimum atomic E-state index is -4.27. The Bertz CT molecular complexity index is 1390. The lowest BCUT2D eigenvalue weighted by molar-refractivity contribution is -0.140. The Morgan fingerprint density at radius 3 is 2.21 bits per heavy atom. The summed E-state index contributed by atoms with van der Waals surface area (Å²) >= 11 is 12.3. The second kappa shape index (κ2) is 13.8. The van der Waals surface area contributed by atoms with Crippen molar-refractivity contribution < 1.29 is 22.4 Å². The van der Waals surface area contributed by atoms with Gasteiger partial charge in [-0.1, -0.05) is 61.3 Å². The fraction of sp³-hybridized carbons (Fsp3) is 0.286. The highest BCUT2D eigenvalue weighted by Crippen LogP contribution is 2.26. The first-order valence-electron chi connectivity index (χ1n) is 12.4. The number of hydrogen-bond donors (Lipinski definition) is 1. The number of nitrogens with zero attached hydrogens (tertiary/aromatic N) is 2. The van der Waals surface area contributed by atoms with E-state index in [4.69, 9.17) is 23.2 Å². The van der Waals surface area contributed by atoms with Gasteiger partial charge in [0, 0.05) is 13.1 Å².